The number of hydrogen-bond acceptors (Lipinski definition) is 3. The highest BCUT2D eigenvalue weighted by Gasteiger charge is 2.17. The van der Waals surface area contributed by atoms with E-state index >= 15 is 0 Å². The number of para-hydroxylation sites is 1. The molecule has 0 fully saturated rings. The third-order valence-corrected chi connectivity index (χ3v) is 4.87. The van der Waals surface area contributed by atoms with Gasteiger partial charge >= 0.3 is 0 Å². The molecule has 27 heavy (non-hydrogen) atoms. The first-order chi connectivity index (χ1) is 13.3. The Balaban J connectivity index is 1.96. The molecule has 0 aliphatic rings. The van der Waals surface area contributed by atoms with Crippen LogP contribution in [0.4, 0.5) is 5.82 Å². The topological polar surface area (TPSA) is 42.7 Å². The molecule has 0 bridgehead atoms. The Kier molecular flexibility index (Phi) is 4.88. The van der Waals surface area contributed by atoms with Crippen molar-refractivity contribution in [1.82, 2.24) is 14.5 Å². The molecule has 0 radical (unpaired) electrons. The zero-order valence-electron chi connectivity index (χ0n) is 15.8. The molecular formula is C23H24N4. The van der Waals surface area contributed by atoms with Gasteiger partial charge in [0.2, 0.25) is 0 Å². The van der Waals surface area contributed by atoms with Gasteiger partial charge in [-0.15, -0.1) is 0 Å². The molecule has 4 nitrogen and oxygen atoms in total. The van der Waals surface area contributed by atoms with Gasteiger partial charge in [0, 0.05) is 24.0 Å². The summed E-state index contributed by atoms with van der Waals surface area (Å²) in [4.78, 5) is 9.20. The average Bonchev–Trinajstić information content (AvgIpc) is 3.10. The normalized spacial score (nSPS) is 11.0. The van der Waals surface area contributed by atoms with Crippen LogP contribution in [0.25, 0.3) is 27.8 Å². The Labute approximate surface area is 159 Å². The fourth-order valence-corrected chi connectivity index (χ4v) is 3.43. The third-order valence-electron chi connectivity index (χ3n) is 4.87. The lowest BCUT2D eigenvalue weighted by Gasteiger charge is -2.09. The molecule has 0 saturated carbocycles. The summed E-state index contributed by atoms with van der Waals surface area (Å²) in [6, 6.07) is 18.9. The maximum Gasteiger partial charge on any atom is 0.150 e. The van der Waals surface area contributed by atoms with Gasteiger partial charge in [-0.05, 0) is 30.5 Å². The summed E-state index contributed by atoms with van der Waals surface area (Å²) in [5.74, 6) is 0.902. The van der Waals surface area contributed by atoms with Gasteiger partial charge in [0.1, 0.15) is 12.1 Å². The predicted molar refractivity (Wildman–Crippen MR) is 112 cm³/mol. The molecule has 0 aliphatic carbocycles. The Bertz CT molecular complexity index is 1050. The van der Waals surface area contributed by atoms with Crippen molar-refractivity contribution in [2.45, 2.75) is 26.7 Å². The summed E-state index contributed by atoms with van der Waals surface area (Å²) in [5, 5.41) is 4.59. The van der Waals surface area contributed by atoms with Crippen LogP contribution in [-0.4, -0.2) is 21.1 Å². The molecular weight excluding hydrogens is 332 g/mol. The first kappa shape index (κ1) is 17.3. The minimum atomic E-state index is 0.902. The number of hydrogen-bond donors (Lipinski definition) is 1. The summed E-state index contributed by atoms with van der Waals surface area (Å²) >= 11 is 0. The zero-order chi connectivity index (χ0) is 18.6. The van der Waals surface area contributed by atoms with Crippen molar-refractivity contribution < 1.29 is 0 Å². The highest BCUT2D eigenvalue weighted by Crippen LogP contribution is 2.35. The molecule has 0 saturated heterocycles. The number of unbranched alkanes of at least 4 members (excludes halogenated alkanes) is 1. The lowest BCUT2D eigenvalue weighted by atomic mass is 10.1. The molecule has 0 aliphatic heterocycles. The molecule has 4 aromatic rings. The quantitative estimate of drug-likeness (QED) is 0.457. The first-order valence-corrected chi connectivity index (χ1v) is 9.51. The van der Waals surface area contributed by atoms with Crippen LogP contribution in [0.1, 0.15) is 25.3 Å². The monoisotopic (exact) mass is 356 g/mol. The number of fused-ring (bicyclic) bond motifs is 1. The molecule has 136 valence electrons. The lowest BCUT2D eigenvalue weighted by Crippen LogP contribution is -2.04. The molecule has 2 heterocycles. The number of nitrogens with zero attached hydrogens (tertiary/aromatic N) is 3. The zero-order valence-corrected chi connectivity index (χ0v) is 15.8. The third kappa shape index (κ3) is 3.31. The van der Waals surface area contributed by atoms with Crippen molar-refractivity contribution in [3.05, 3.63) is 72.7 Å². The van der Waals surface area contributed by atoms with Gasteiger partial charge in [-0.3, -0.25) is 0 Å². The smallest absolute Gasteiger partial charge is 0.150 e. The van der Waals surface area contributed by atoms with Crippen molar-refractivity contribution >= 4 is 16.9 Å². The Morgan fingerprint density at radius 2 is 1.74 bits per heavy atom. The van der Waals surface area contributed by atoms with Gasteiger partial charge in [-0.2, -0.15) is 0 Å². The highest BCUT2D eigenvalue weighted by molar-refractivity contribution is 6.02. The van der Waals surface area contributed by atoms with Crippen LogP contribution in [0.15, 0.2) is 67.1 Å². The number of rotatable bonds is 6. The van der Waals surface area contributed by atoms with E-state index in [4.69, 9.17) is 0 Å². The van der Waals surface area contributed by atoms with Gasteiger partial charge in [-0.25, -0.2) is 9.97 Å². The standard InChI is InChI=1S/C23H24N4/c1-3-4-14-24-22-21-19(18-11-6-5-7-12-18)15-27(23(21)26-16-25-22)20-13-9-8-10-17(20)2/h5-13,15-16H,3-4,14H2,1-2H3,(H,24,25,26). The van der Waals surface area contributed by atoms with Crippen molar-refractivity contribution in [3.8, 4) is 16.8 Å². The van der Waals surface area contributed by atoms with Crippen LogP contribution >= 0.6 is 0 Å². The fraction of sp³-hybridized carbons (Fsp3) is 0.217. The number of aromatic nitrogens is 3. The minimum Gasteiger partial charge on any atom is -0.369 e. The van der Waals surface area contributed by atoms with E-state index in [9.17, 15) is 0 Å². The first-order valence-electron chi connectivity index (χ1n) is 9.51. The second kappa shape index (κ2) is 7.62. The summed E-state index contributed by atoms with van der Waals surface area (Å²) in [6.45, 7) is 5.23. The Hall–Kier alpha value is -3.14. The summed E-state index contributed by atoms with van der Waals surface area (Å²) < 4.78 is 2.18. The van der Waals surface area contributed by atoms with E-state index in [-0.39, 0.29) is 0 Å². The molecule has 0 amide bonds. The van der Waals surface area contributed by atoms with Crippen LogP contribution in [0.2, 0.25) is 0 Å². The summed E-state index contributed by atoms with van der Waals surface area (Å²) in [7, 11) is 0. The van der Waals surface area contributed by atoms with Gasteiger partial charge < -0.3 is 9.88 Å². The fourth-order valence-electron chi connectivity index (χ4n) is 3.43. The van der Waals surface area contributed by atoms with Crippen LogP contribution in [0.5, 0.6) is 0 Å². The maximum atomic E-state index is 4.65. The van der Waals surface area contributed by atoms with Crippen LogP contribution in [0.3, 0.4) is 0 Å². The van der Waals surface area contributed by atoms with E-state index in [1.165, 1.54) is 11.1 Å². The van der Waals surface area contributed by atoms with E-state index < -0.39 is 0 Å². The van der Waals surface area contributed by atoms with E-state index in [2.05, 4.69) is 88.4 Å². The number of nitrogens with one attached hydrogen (secondary N) is 1. The van der Waals surface area contributed by atoms with Crippen LogP contribution < -0.4 is 5.32 Å². The lowest BCUT2D eigenvalue weighted by molar-refractivity contribution is 0.831. The maximum absolute atomic E-state index is 4.65. The number of aryl methyl sites for hydroxylation is 1. The second-order valence-corrected chi connectivity index (χ2v) is 6.77. The van der Waals surface area contributed by atoms with Gasteiger partial charge in [0.05, 0.1) is 5.39 Å². The van der Waals surface area contributed by atoms with Crippen molar-refractivity contribution in [2.75, 3.05) is 11.9 Å². The molecule has 0 spiro atoms. The van der Waals surface area contributed by atoms with Crippen LogP contribution in [0, 0.1) is 6.92 Å². The molecule has 4 rings (SSSR count). The molecule has 2 aromatic carbocycles. The van der Waals surface area contributed by atoms with Crippen molar-refractivity contribution in [3.63, 3.8) is 0 Å². The van der Waals surface area contributed by atoms with E-state index in [0.29, 0.717) is 0 Å². The molecule has 2 aromatic heterocycles. The van der Waals surface area contributed by atoms with Gasteiger partial charge in [0.25, 0.3) is 0 Å². The SMILES string of the molecule is CCCCNc1ncnc2c1c(-c1ccccc1)cn2-c1ccccc1C. The summed E-state index contributed by atoms with van der Waals surface area (Å²) in [5.41, 5.74) is 5.60. The van der Waals surface area contributed by atoms with E-state index in [1.807, 2.05) is 6.07 Å². The number of anilines is 1. The highest BCUT2D eigenvalue weighted by atomic mass is 15.1. The van der Waals surface area contributed by atoms with Gasteiger partial charge in [-0.1, -0.05) is 61.9 Å². The molecule has 1 N–H and O–H groups in total. The molecule has 0 unspecified atom stereocenters. The van der Waals surface area contributed by atoms with Crippen molar-refractivity contribution in [2.24, 2.45) is 0 Å². The Morgan fingerprint density at radius 3 is 2.52 bits per heavy atom. The number of benzene rings is 2. The second-order valence-electron chi connectivity index (χ2n) is 6.77. The molecule has 0 atom stereocenters. The Morgan fingerprint density at radius 1 is 0.963 bits per heavy atom. The van der Waals surface area contributed by atoms with Gasteiger partial charge in [0.15, 0.2) is 5.65 Å². The molecule has 4 heteroatoms. The van der Waals surface area contributed by atoms with Crippen LogP contribution in [-0.2, 0) is 0 Å². The van der Waals surface area contributed by atoms with E-state index in [0.717, 1.165) is 47.5 Å². The summed E-state index contributed by atoms with van der Waals surface area (Å²) in [6.07, 6.45) is 6.10. The van der Waals surface area contributed by atoms with E-state index in [1.54, 1.807) is 6.33 Å². The minimum absolute atomic E-state index is 0.902. The predicted octanol–water partition coefficient (Wildman–Crippen LogP) is 5.61. The van der Waals surface area contributed by atoms with Crippen molar-refractivity contribution in [1.29, 1.82) is 0 Å². The average molecular weight is 356 g/mol. The largest absolute Gasteiger partial charge is 0.369 e.